The van der Waals surface area contributed by atoms with Crippen molar-refractivity contribution >= 4 is 14.9 Å². The molecule has 108 valence electrons. The third-order valence-electron chi connectivity index (χ3n) is 2.41. The first kappa shape index (κ1) is 17.6. The highest BCUT2D eigenvalue weighted by Gasteiger charge is 2.12. The number of nitrogens with zero attached hydrogens (tertiary/aromatic N) is 1. The average Bonchev–Trinajstić information content (AvgIpc) is 2.36. The molecule has 0 aliphatic rings. The summed E-state index contributed by atoms with van der Waals surface area (Å²) in [6.07, 6.45) is 4.47. The van der Waals surface area contributed by atoms with E-state index in [-0.39, 0.29) is 5.91 Å². The predicted molar refractivity (Wildman–Crippen MR) is 78.8 cm³/mol. The van der Waals surface area contributed by atoms with E-state index >= 15 is 0 Å². The molecule has 0 heterocycles. The van der Waals surface area contributed by atoms with Crippen molar-refractivity contribution in [3.63, 3.8) is 0 Å². The van der Waals surface area contributed by atoms with Crippen molar-refractivity contribution in [2.45, 2.75) is 59.3 Å². The quantitative estimate of drug-likeness (QED) is 0.181. The number of hydrogen-bond donors (Lipinski definition) is 0. The molecule has 0 radical (unpaired) electrons. The van der Waals surface area contributed by atoms with Crippen LogP contribution in [0.1, 0.15) is 53.4 Å². The van der Waals surface area contributed by atoms with Gasteiger partial charge in [-0.25, -0.2) is 0 Å². The van der Waals surface area contributed by atoms with Crippen LogP contribution in [0.25, 0.3) is 0 Å². The number of rotatable bonds is 12. The second kappa shape index (κ2) is 13.0. The molecule has 0 saturated carbocycles. The lowest BCUT2D eigenvalue weighted by Gasteiger charge is -2.18. The summed E-state index contributed by atoms with van der Waals surface area (Å²) >= 11 is 0. The van der Waals surface area contributed by atoms with Gasteiger partial charge in [0.15, 0.2) is 0 Å². The van der Waals surface area contributed by atoms with Crippen molar-refractivity contribution in [1.29, 1.82) is 0 Å². The van der Waals surface area contributed by atoms with Gasteiger partial charge in [-0.2, -0.15) is 0 Å². The fourth-order valence-corrected chi connectivity index (χ4v) is 2.55. The number of oxime groups is 1. The SMILES string of the molecule is CCCCOC(OCCCC)[SiH2]C(C)=NOCC. The van der Waals surface area contributed by atoms with Crippen LogP contribution in [0.15, 0.2) is 5.16 Å². The molecular formula is C13H29NO3Si. The molecule has 0 saturated heterocycles. The third-order valence-corrected chi connectivity index (χ3v) is 3.94. The van der Waals surface area contributed by atoms with Crippen molar-refractivity contribution in [3.8, 4) is 0 Å². The van der Waals surface area contributed by atoms with Gasteiger partial charge in [-0.1, -0.05) is 26.7 Å². The van der Waals surface area contributed by atoms with E-state index in [0.29, 0.717) is 6.61 Å². The van der Waals surface area contributed by atoms with Gasteiger partial charge in [0.05, 0.1) is 0 Å². The normalized spacial score (nSPS) is 12.8. The molecule has 0 atom stereocenters. The average molecular weight is 275 g/mol. The first-order chi connectivity index (χ1) is 8.74. The van der Waals surface area contributed by atoms with E-state index < -0.39 is 9.52 Å². The molecule has 5 heteroatoms. The van der Waals surface area contributed by atoms with E-state index in [2.05, 4.69) is 19.0 Å². The van der Waals surface area contributed by atoms with Crippen LogP contribution in [0.4, 0.5) is 0 Å². The summed E-state index contributed by atoms with van der Waals surface area (Å²) in [6, 6.07) is 0. The molecular weight excluding hydrogens is 246 g/mol. The Bertz CT molecular complexity index is 202. The Labute approximate surface area is 114 Å². The van der Waals surface area contributed by atoms with Crippen molar-refractivity contribution < 1.29 is 14.3 Å². The standard InChI is InChI=1S/C13H29NO3Si/c1-5-8-10-15-13(16-11-9-6-2)18-12(4)14-17-7-3/h13H,5-11,18H2,1-4H3. The maximum Gasteiger partial charge on any atom is 0.144 e. The summed E-state index contributed by atoms with van der Waals surface area (Å²) in [5.74, 6) is -0.0488. The van der Waals surface area contributed by atoms with Crippen molar-refractivity contribution in [1.82, 2.24) is 0 Å². The molecule has 0 aromatic rings. The molecule has 0 N–H and O–H groups in total. The van der Waals surface area contributed by atoms with Crippen molar-refractivity contribution in [2.75, 3.05) is 19.8 Å². The third kappa shape index (κ3) is 10.7. The minimum Gasteiger partial charge on any atom is -0.397 e. The molecule has 4 nitrogen and oxygen atoms in total. The maximum atomic E-state index is 5.78. The zero-order chi connectivity index (χ0) is 13.6. The number of unbranched alkanes of at least 4 members (excludes halogenated alkanes) is 2. The summed E-state index contributed by atoms with van der Waals surface area (Å²) in [6.45, 7) is 10.4. The van der Waals surface area contributed by atoms with Crippen LogP contribution >= 0.6 is 0 Å². The molecule has 0 aliphatic carbocycles. The second-order valence-electron chi connectivity index (χ2n) is 4.33. The van der Waals surface area contributed by atoms with E-state index in [9.17, 15) is 0 Å². The molecule has 0 rings (SSSR count). The van der Waals surface area contributed by atoms with Crippen LogP contribution < -0.4 is 0 Å². The summed E-state index contributed by atoms with van der Waals surface area (Å²) in [5.41, 5.74) is 0. The number of hydrogen-bond acceptors (Lipinski definition) is 4. The van der Waals surface area contributed by atoms with Crippen LogP contribution in [-0.2, 0) is 14.3 Å². The van der Waals surface area contributed by atoms with E-state index in [4.69, 9.17) is 14.3 Å². The first-order valence-electron chi connectivity index (χ1n) is 7.13. The smallest absolute Gasteiger partial charge is 0.144 e. The van der Waals surface area contributed by atoms with Crippen LogP contribution in [0, 0.1) is 0 Å². The highest BCUT2D eigenvalue weighted by molar-refractivity contribution is 6.75. The monoisotopic (exact) mass is 275 g/mol. The Kier molecular flexibility index (Phi) is 12.8. The summed E-state index contributed by atoms with van der Waals surface area (Å²) < 4.78 is 11.6. The zero-order valence-corrected chi connectivity index (χ0v) is 13.8. The van der Waals surface area contributed by atoms with E-state index in [0.717, 1.165) is 44.2 Å². The molecule has 18 heavy (non-hydrogen) atoms. The van der Waals surface area contributed by atoms with Crippen LogP contribution in [0.3, 0.4) is 0 Å². The lowest BCUT2D eigenvalue weighted by Crippen LogP contribution is -2.30. The summed E-state index contributed by atoms with van der Waals surface area (Å²) in [5, 5.41) is 5.11. The van der Waals surface area contributed by atoms with Gasteiger partial charge in [-0.3, -0.25) is 0 Å². The van der Waals surface area contributed by atoms with Crippen molar-refractivity contribution in [2.24, 2.45) is 5.16 Å². The Morgan fingerprint density at radius 3 is 2.06 bits per heavy atom. The van der Waals surface area contributed by atoms with Crippen LogP contribution in [0.2, 0.25) is 0 Å². The lowest BCUT2D eigenvalue weighted by molar-refractivity contribution is -0.0908. The van der Waals surface area contributed by atoms with Gasteiger partial charge in [-0.05, 0) is 26.7 Å². The van der Waals surface area contributed by atoms with Gasteiger partial charge in [0, 0.05) is 18.5 Å². The van der Waals surface area contributed by atoms with Gasteiger partial charge in [0.2, 0.25) is 0 Å². The fraction of sp³-hybridized carbons (Fsp3) is 0.923. The van der Waals surface area contributed by atoms with E-state index in [1.807, 2.05) is 13.8 Å². The highest BCUT2D eigenvalue weighted by atomic mass is 28.2. The topological polar surface area (TPSA) is 40.0 Å². The molecule has 0 spiro atoms. The Morgan fingerprint density at radius 1 is 1.06 bits per heavy atom. The highest BCUT2D eigenvalue weighted by Crippen LogP contribution is 2.00. The van der Waals surface area contributed by atoms with Crippen molar-refractivity contribution in [3.05, 3.63) is 0 Å². The molecule has 0 aliphatic heterocycles. The van der Waals surface area contributed by atoms with E-state index in [1.54, 1.807) is 0 Å². The predicted octanol–water partition coefficient (Wildman–Crippen LogP) is 2.44. The fourth-order valence-electron chi connectivity index (χ4n) is 1.34. The Hall–Kier alpha value is -0.393. The second-order valence-corrected chi connectivity index (χ2v) is 6.42. The Morgan fingerprint density at radius 2 is 1.61 bits per heavy atom. The first-order valence-corrected chi connectivity index (χ1v) is 8.65. The van der Waals surface area contributed by atoms with E-state index in [1.165, 1.54) is 0 Å². The zero-order valence-electron chi connectivity index (χ0n) is 12.4. The molecule has 0 unspecified atom stereocenters. The molecule has 0 bridgehead atoms. The van der Waals surface area contributed by atoms with Crippen LogP contribution in [-0.4, -0.2) is 40.6 Å². The summed E-state index contributed by atoms with van der Waals surface area (Å²) in [4.78, 5) is 5.06. The summed E-state index contributed by atoms with van der Waals surface area (Å²) in [7, 11) is -0.646. The molecule has 0 fully saturated rings. The maximum absolute atomic E-state index is 5.78. The molecule has 0 amide bonds. The molecule has 0 aromatic heterocycles. The Balaban J connectivity index is 4.01. The largest absolute Gasteiger partial charge is 0.397 e. The van der Waals surface area contributed by atoms with Gasteiger partial charge >= 0.3 is 0 Å². The molecule has 0 aromatic carbocycles. The van der Waals surface area contributed by atoms with Gasteiger partial charge in [-0.15, -0.1) is 5.16 Å². The lowest BCUT2D eigenvalue weighted by atomic mass is 10.4. The number of ether oxygens (including phenoxy) is 2. The van der Waals surface area contributed by atoms with Gasteiger partial charge in [0.1, 0.15) is 22.0 Å². The minimum absolute atomic E-state index is 0.0488. The van der Waals surface area contributed by atoms with Crippen LogP contribution in [0.5, 0.6) is 0 Å². The van der Waals surface area contributed by atoms with Gasteiger partial charge < -0.3 is 14.3 Å². The minimum atomic E-state index is -0.646. The van der Waals surface area contributed by atoms with Gasteiger partial charge in [0.25, 0.3) is 0 Å².